The molecular formula is C34H36N2O6. The van der Waals surface area contributed by atoms with Crippen LogP contribution in [0.1, 0.15) is 27.8 Å². The molecular weight excluding hydrogens is 532 g/mol. The molecule has 3 N–H and O–H groups in total. The zero-order valence-electron chi connectivity index (χ0n) is 23.6. The molecule has 4 aromatic rings. The molecule has 42 heavy (non-hydrogen) atoms. The second kappa shape index (κ2) is 15.8. The molecule has 8 heteroatoms. The lowest BCUT2D eigenvalue weighted by atomic mass is 10.1. The Labute approximate surface area is 246 Å². The highest BCUT2D eigenvalue weighted by Gasteiger charge is 2.21. The molecule has 0 bridgehead atoms. The van der Waals surface area contributed by atoms with Gasteiger partial charge in [0.1, 0.15) is 25.9 Å². The van der Waals surface area contributed by atoms with E-state index in [1.165, 1.54) is 0 Å². The number of ether oxygens (including phenoxy) is 3. The van der Waals surface area contributed by atoms with Crippen molar-refractivity contribution >= 4 is 12.0 Å². The first kappa shape index (κ1) is 30.1. The Hall–Kier alpha value is -4.82. The van der Waals surface area contributed by atoms with E-state index in [0.717, 1.165) is 27.8 Å². The van der Waals surface area contributed by atoms with Crippen LogP contribution in [0, 0.1) is 6.92 Å². The fraction of sp³-hybridized carbons (Fsp3) is 0.235. The molecule has 0 fully saturated rings. The number of benzene rings is 4. The van der Waals surface area contributed by atoms with Gasteiger partial charge in [-0.3, -0.25) is 4.79 Å². The van der Waals surface area contributed by atoms with Crippen molar-refractivity contribution in [3.05, 3.63) is 131 Å². The van der Waals surface area contributed by atoms with Crippen molar-refractivity contribution in [3.63, 3.8) is 0 Å². The van der Waals surface area contributed by atoms with Gasteiger partial charge in [-0.1, -0.05) is 103 Å². The number of carbonyl (C=O) groups excluding carboxylic acids is 2. The predicted molar refractivity (Wildman–Crippen MR) is 160 cm³/mol. The Morgan fingerprint density at radius 2 is 1.24 bits per heavy atom. The molecule has 4 aromatic carbocycles. The number of nitrogens with one attached hydrogen (secondary N) is 2. The van der Waals surface area contributed by atoms with Gasteiger partial charge in [0.25, 0.3) is 0 Å². The highest BCUT2D eigenvalue weighted by molar-refractivity contribution is 5.85. The molecule has 0 radical (unpaired) electrons. The Morgan fingerprint density at radius 1 is 0.714 bits per heavy atom. The fourth-order valence-corrected chi connectivity index (χ4v) is 4.24. The molecule has 0 unspecified atom stereocenters. The highest BCUT2D eigenvalue weighted by atomic mass is 16.5. The summed E-state index contributed by atoms with van der Waals surface area (Å²) in [6.07, 6.45) is -0.350. The molecule has 4 rings (SSSR count). The second-order valence-electron chi connectivity index (χ2n) is 9.73. The van der Waals surface area contributed by atoms with E-state index in [2.05, 4.69) is 10.6 Å². The van der Waals surface area contributed by atoms with Crippen molar-refractivity contribution in [2.75, 3.05) is 13.2 Å². The molecule has 0 saturated heterocycles. The lowest BCUT2D eigenvalue weighted by Gasteiger charge is -2.20. The molecule has 0 heterocycles. The van der Waals surface area contributed by atoms with E-state index in [9.17, 15) is 14.7 Å². The molecule has 8 nitrogen and oxygen atoms in total. The summed E-state index contributed by atoms with van der Waals surface area (Å²) >= 11 is 0. The van der Waals surface area contributed by atoms with E-state index in [4.69, 9.17) is 14.2 Å². The molecule has 0 aliphatic carbocycles. The van der Waals surface area contributed by atoms with Crippen LogP contribution < -0.4 is 20.1 Å². The van der Waals surface area contributed by atoms with Crippen LogP contribution >= 0.6 is 0 Å². The van der Waals surface area contributed by atoms with E-state index < -0.39 is 24.6 Å². The van der Waals surface area contributed by atoms with Crippen LogP contribution in [-0.2, 0) is 35.8 Å². The first-order valence-electron chi connectivity index (χ1n) is 13.8. The largest absolute Gasteiger partial charge is 0.485 e. The Morgan fingerprint density at radius 3 is 1.79 bits per heavy atom. The smallest absolute Gasteiger partial charge is 0.408 e. The minimum Gasteiger partial charge on any atom is -0.485 e. The van der Waals surface area contributed by atoms with Gasteiger partial charge >= 0.3 is 6.09 Å². The van der Waals surface area contributed by atoms with Crippen molar-refractivity contribution in [2.45, 2.75) is 39.2 Å². The molecule has 0 aliphatic heterocycles. The number of rotatable bonds is 14. The average Bonchev–Trinajstić information content (AvgIpc) is 3.03. The normalized spacial score (nSPS) is 11.3. The van der Waals surface area contributed by atoms with Gasteiger partial charge in [0.15, 0.2) is 11.5 Å². The molecule has 0 aromatic heterocycles. The summed E-state index contributed by atoms with van der Waals surface area (Å²) < 4.78 is 17.7. The van der Waals surface area contributed by atoms with Crippen LogP contribution in [-0.4, -0.2) is 36.3 Å². The third kappa shape index (κ3) is 9.11. The second-order valence-corrected chi connectivity index (χ2v) is 9.73. The third-order valence-electron chi connectivity index (χ3n) is 6.54. The molecule has 1 atom stereocenters. The van der Waals surface area contributed by atoms with Crippen LogP contribution in [0.3, 0.4) is 0 Å². The van der Waals surface area contributed by atoms with Crippen LogP contribution in [0.15, 0.2) is 103 Å². The van der Waals surface area contributed by atoms with Gasteiger partial charge < -0.3 is 30.0 Å². The third-order valence-corrected chi connectivity index (χ3v) is 6.54. The zero-order valence-corrected chi connectivity index (χ0v) is 23.6. The topological polar surface area (TPSA) is 106 Å². The number of hydrogen-bond donors (Lipinski definition) is 3. The van der Waals surface area contributed by atoms with Gasteiger partial charge in [-0.25, -0.2) is 4.79 Å². The molecule has 2 amide bonds. The van der Waals surface area contributed by atoms with Crippen molar-refractivity contribution in [2.24, 2.45) is 0 Å². The van der Waals surface area contributed by atoms with E-state index in [1.807, 2.05) is 110 Å². The number of aliphatic hydroxyl groups is 1. The van der Waals surface area contributed by atoms with Crippen LogP contribution in [0.2, 0.25) is 0 Å². The number of carbonyl (C=O) groups is 2. The van der Waals surface area contributed by atoms with E-state index in [0.29, 0.717) is 31.1 Å². The van der Waals surface area contributed by atoms with Gasteiger partial charge in [-0.15, -0.1) is 0 Å². The number of hydrogen-bond acceptors (Lipinski definition) is 6. The Bertz CT molecular complexity index is 1410. The van der Waals surface area contributed by atoms with Crippen LogP contribution in [0.25, 0.3) is 0 Å². The Kier molecular flexibility index (Phi) is 11.4. The first-order valence-corrected chi connectivity index (χ1v) is 13.8. The van der Waals surface area contributed by atoms with Crippen molar-refractivity contribution in [3.8, 4) is 11.5 Å². The number of aliphatic hydroxyl groups excluding tert-OH is 1. The van der Waals surface area contributed by atoms with E-state index in [1.54, 1.807) is 0 Å². The van der Waals surface area contributed by atoms with Crippen molar-refractivity contribution in [1.82, 2.24) is 10.6 Å². The number of alkyl carbamates (subject to hydrolysis) is 1. The van der Waals surface area contributed by atoms with E-state index in [-0.39, 0.29) is 13.2 Å². The fourth-order valence-electron chi connectivity index (χ4n) is 4.24. The summed E-state index contributed by atoms with van der Waals surface area (Å²) in [6.45, 7) is 2.44. The summed E-state index contributed by atoms with van der Waals surface area (Å²) in [7, 11) is 0. The van der Waals surface area contributed by atoms with Gasteiger partial charge in [0.2, 0.25) is 5.91 Å². The maximum absolute atomic E-state index is 12.8. The van der Waals surface area contributed by atoms with Crippen molar-refractivity contribution in [1.29, 1.82) is 0 Å². The van der Waals surface area contributed by atoms with Crippen LogP contribution in [0.4, 0.5) is 4.79 Å². The minimum atomic E-state index is -1.15. The van der Waals surface area contributed by atoms with Crippen molar-refractivity contribution < 1.29 is 28.9 Å². The predicted octanol–water partition coefficient (Wildman–Crippen LogP) is 5.10. The first-order chi connectivity index (χ1) is 20.5. The van der Waals surface area contributed by atoms with Gasteiger partial charge in [0.05, 0.1) is 6.61 Å². The zero-order chi connectivity index (χ0) is 29.6. The summed E-state index contributed by atoms with van der Waals surface area (Å²) in [5.74, 6) is 0.744. The monoisotopic (exact) mass is 568 g/mol. The molecule has 0 spiro atoms. The SMILES string of the molecule is Cc1ccc(CCNC(=O)[C@H](CO)NC(=O)OCc2ccccc2)c(OCc2ccccc2)c1OCc1ccccc1. The maximum Gasteiger partial charge on any atom is 0.408 e. The Balaban J connectivity index is 1.39. The quantitative estimate of drug-likeness (QED) is 0.196. The van der Waals surface area contributed by atoms with Gasteiger partial charge in [-0.2, -0.15) is 0 Å². The van der Waals surface area contributed by atoms with Gasteiger partial charge in [-0.05, 0) is 41.2 Å². The van der Waals surface area contributed by atoms with E-state index >= 15 is 0 Å². The average molecular weight is 569 g/mol. The number of aryl methyl sites for hydroxylation is 1. The molecule has 218 valence electrons. The summed E-state index contributed by atoms with van der Waals surface area (Å²) in [6, 6.07) is 31.7. The molecule has 0 saturated carbocycles. The molecule has 0 aliphatic rings. The maximum atomic E-state index is 12.8. The summed E-state index contributed by atoms with van der Waals surface area (Å²) in [5, 5.41) is 14.9. The lowest BCUT2D eigenvalue weighted by Crippen LogP contribution is -2.49. The lowest BCUT2D eigenvalue weighted by molar-refractivity contribution is -0.123. The highest BCUT2D eigenvalue weighted by Crippen LogP contribution is 2.36. The van der Waals surface area contributed by atoms with Crippen LogP contribution in [0.5, 0.6) is 11.5 Å². The van der Waals surface area contributed by atoms with Gasteiger partial charge in [0, 0.05) is 6.54 Å². The number of amides is 2. The summed E-state index contributed by atoms with van der Waals surface area (Å²) in [4.78, 5) is 25.0. The minimum absolute atomic E-state index is 0.0559. The standard InChI is InChI=1S/C34H36N2O6/c1-25-17-18-29(19-20-35-33(38)30(21-37)36-34(39)42-24-28-15-9-4-10-16-28)32(41-23-27-13-7-3-8-14-27)31(25)40-22-26-11-5-2-6-12-26/h2-18,30,37H,19-24H2,1H3,(H,35,38)(H,36,39)/t30-/m0/s1. The summed E-state index contributed by atoms with van der Waals surface area (Å²) in [5.41, 5.74) is 4.65.